The molecular weight excluding hydrogens is 247 g/mol. The summed E-state index contributed by atoms with van der Waals surface area (Å²) >= 11 is 0. The smallest absolute Gasteiger partial charge is 0.180 e. The Balaban J connectivity index is 0.00000161. The van der Waals surface area contributed by atoms with Gasteiger partial charge in [0.15, 0.2) is 0 Å². The van der Waals surface area contributed by atoms with E-state index in [1.54, 1.807) is 0 Å². The Kier molecular flexibility index (Phi) is 5.87. The summed E-state index contributed by atoms with van der Waals surface area (Å²) in [5.74, 6) is 0. The van der Waals surface area contributed by atoms with Crippen LogP contribution < -0.4 is 18.9 Å². The summed E-state index contributed by atoms with van der Waals surface area (Å²) in [7, 11) is 0. The van der Waals surface area contributed by atoms with Crippen LogP contribution in [0.3, 0.4) is 0 Å². The van der Waals surface area contributed by atoms with E-state index in [4.69, 9.17) is 0 Å². The standard InChI is InChI=1S/C20H17.Li/c1-3-9-17(10-4-1)15-19-13-7-8-14-20(19)16-18-11-5-2-6-12-18;/h1-13H,15-16H2;/q-1;+1. The van der Waals surface area contributed by atoms with Crippen LogP contribution in [0.25, 0.3) is 0 Å². The van der Waals surface area contributed by atoms with Crippen LogP contribution in [0, 0.1) is 6.07 Å². The Bertz CT molecular complexity index is 599. The van der Waals surface area contributed by atoms with Gasteiger partial charge in [0.1, 0.15) is 0 Å². The Morgan fingerprint density at radius 2 is 1.19 bits per heavy atom. The maximum atomic E-state index is 3.41. The van der Waals surface area contributed by atoms with Gasteiger partial charge in [-0.25, -0.2) is 0 Å². The zero-order valence-corrected chi connectivity index (χ0v) is 12.4. The number of benzene rings is 3. The fourth-order valence-corrected chi connectivity index (χ4v) is 2.45. The van der Waals surface area contributed by atoms with E-state index in [9.17, 15) is 0 Å². The van der Waals surface area contributed by atoms with Gasteiger partial charge in [0.25, 0.3) is 0 Å². The van der Waals surface area contributed by atoms with Crippen molar-refractivity contribution in [2.75, 3.05) is 0 Å². The van der Waals surface area contributed by atoms with E-state index >= 15 is 0 Å². The molecule has 0 amide bonds. The molecule has 0 aliphatic rings. The minimum absolute atomic E-state index is 0. The molecule has 3 aromatic rings. The summed E-state index contributed by atoms with van der Waals surface area (Å²) in [6.07, 6.45) is 1.92. The van der Waals surface area contributed by atoms with Crippen molar-refractivity contribution in [2.45, 2.75) is 12.8 Å². The summed E-state index contributed by atoms with van der Waals surface area (Å²) in [5, 5.41) is 0. The molecule has 0 aliphatic carbocycles. The molecule has 3 rings (SSSR count). The van der Waals surface area contributed by atoms with Crippen molar-refractivity contribution >= 4 is 0 Å². The maximum absolute atomic E-state index is 3.41. The van der Waals surface area contributed by atoms with E-state index in [1.807, 2.05) is 6.07 Å². The molecule has 0 aromatic heterocycles. The molecule has 0 fully saturated rings. The van der Waals surface area contributed by atoms with Gasteiger partial charge in [0, 0.05) is 0 Å². The second-order valence-corrected chi connectivity index (χ2v) is 5.00. The van der Waals surface area contributed by atoms with Crippen LogP contribution in [0.4, 0.5) is 0 Å². The van der Waals surface area contributed by atoms with Crippen LogP contribution in [0.15, 0.2) is 78.9 Å². The molecule has 0 heterocycles. The third kappa shape index (κ3) is 4.36. The topological polar surface area (TPSA) is 0 Å². The predicted molar refractivity (Wildman–Crippen MR) is 83.8 cm³/mol. The maximum Gasteiger partial charge on any atom is 1.00 e. The second kappa shape index (κ2) is 7.89. The third-order valence-electron chi connectivity index (χ3n) is 3.50. The molecule has 0 nitrogen and oxygen atoms in total. The van der Waals surface area contributed by atoms with Crippen LogP contribution in [0.1, 0.15) is 22.3 Å². The van der Waals surface area contributed by atoms with Gasteiger partial charge in [0.2, 0.25) is 0 Å². The first-order chi connectivity index (χ1) is 9.92. The van der Waals surface area contributed by atoms with Crippen molar-refractivity contribution in [3.8, 4) is 0 Å². The van der Waals surface area contributed by atoms with Crippen molar-refractivity contribution < 1.29 is 18.9 Å². The van der Waals surface area contributed by atoms with Crippen LogP contribution in [-0.2, 0) is 12.8 Å². The van der Waals surface area contributed by atoms with E-state index in [2.05, 4.69) is 78.9 Å². The van der Waals surface area contributed by atoms with E-state index in [0.29, 0.717) is 0 Å². The Labute approximate surface area is 139 Å². The normalized spacial score (nSPS) is 9.90. The Hall–Kier alpha value is -1.74. The molecule has 1 heteroatoms. The largest absolute Gasteiger partial charge is 1.00 e. The number of hydrogen-bond acceptors (Lipinski definition) is 0. The molecule has 0 atom stereocenters. The van der Waals surface area contributed by atoms with Gasteiger partial charge in [0.05, 0.1) is 0 Å². The SMILES string of the molecule is [Li+].[c-]1cccc(Cc2ccccc2)c1Cc1ccccc1. The summed E-state index contributed by atoms with van der Waals surface area (Å²) < 4.78 is 0. The van der Waals surface area contributed by atoms with Crippen LogP contribution in [0.2, 0.25) is 0 Å². The molecule has 0 saturated carbocycles. The minimum Gasteiger partial charge on any atom is -0.180 e. The van der Waals surface area contributed by atoms with Crippen LogP contribution in [-0.4, -0.2) is 0 Å². The molecule has 0 radical (unpaired) electrons. The van der Waals surface area contributed by atoms with Gasteiger partial charge in [-0.3, -0.25) is 0 Å². The van der Waals surface area contributed by atoms with Gasteiger partial charge in [-0.1, -0.05) is 66.2 Å². The zero-order chi connectivity index (χ0) is 13.6. The van der Waals surface area contributed by atoms with Crippen molar-refractivity contribution in [3.05, 3.63) is 107 Å². The third-order valence-corrected chi connectivity index (χ3v) is 3.50. The van der Waals surface area contributed by atoms with E-state index < -0.39 is 0 Å². The quantitative estimate of drug-likeness (QED) is 0.497. The van der Waals surface area contributed by atoms with Gasteiger partial charge in [-0.2, -0.15) is 29.8 Å². The molecule has 0 spiro atoms. The first-order valence-electron chi connectivity index (χ1n) is 6.98. The van der Waals surface area contributed by atoms with E-state index in [1.165, 1.54) is 22.3 Å². The van der Waals surface area contributed by atoms with Crippen molar-refractivity contribution in [1.82, 2.24) is 0 Å². The van der Waals surface area contributed by atoms with Crippen LogP contribution >= 0.6 is 0 Å². The molecule has 0 N–H and O–H groups in total. The average Bonchev–Trinajstić information content (AvgIpc) is 2.51. The molecule has 3 aromatic carbocycles. The van der Waals surface area contributed by atoms with E-state index in [-0.39, 0.29) is 18.9 Å². The zero-order valence-electron chi connectivity index (χ0n) is 12.4. The fourth-order valence-electron chi connectivity index (χ4n) is 2.45. The Morgan fingerprint density at radius 3 is 1.81 bits per heavy atom. The second-order valence-electron chi connectivity index (χ2n) is 5.00. The summed E-state index contributed by atoms with van der Waals surface area (Å²) in [6.45, 7) is 0. The van der Waals surface area contributed by atoms with Gasteiger partial charge >= 0.3 is 18.9 Å². The van der Waals surface area contributed by atoms with E-state index in [0.717, 1.165) is 12.8 Å². The number of hydrogen-bond donors (Lipinski definition) is 0. The molecular formula is C20H17Li. The molecule has 0 unspecified atom stereocenters. The van der Waals surface area contributed by atoms with Gasteiger partial charge in [-0.05, 0) is 18.4 Å². The molecule has 98 valence electrons. The van der Waals surface area contributed by atoms with Crippen molar-refractivity contribution in [2.24, 2.45) is 0 Å². The molecule has 0 bridgehead atoms. The number of rotatable bonds is 4. The monoisotopic (exact) mass is 264 g/mol. The average molecular weight is 264 g/mol. The molecule has 0 aliphatic heterocycles. The summed E-state index contributed by atoms with van der Waals surface area (Å²) in [6, 6.07) is 30.9. The minimum atomic E-state index is 0. The predicted octanol–water partition coefficient (Wildman–Crippen LogP) is 1.67. The fraction of sp³-hybridized carbons (Fsp3) is 0.100. The molecule has 21 heavy (non-hydrogen) atoms. The van der Waals surface area contributed by atoms with Crippen LogP contribution in [0.5, 0.6) is 0 Å². The first-order valence-corrected chi connectivity index (χ1v) is 6.98. The van der Waals surface area contributed by atoms with Gasteiger partial charge < -0.3 is 0 Å². The molecule has 0 saturated heterocycles. The van der Waals surface area contributed by atoms with Crippen molar-refractivity contribution in [3.63, 3.8) is 0 Å². The summed E-state index contributed by atoms with van der Waals surface area (Å²) in [5.41, 5.74) is 5.34. The van der Waals surface area contributed by atoms with Gasteiger partial charge in [-0.15, -0.1) is 5.56 Å². The first kappa shape index (κ1) is 15.6. The Morgan fingerprint density at radius 1 is 0.619 bits per heavy atom. The summed E-state index contributed by atoms with van der Waals surface area (Å²) in [4.78, 5) is 0. The van der Waals surface area contributed by atoms with Crippen molar-refractivity contribution in [1.29, 1.82) is 0 Å².